The summed E-state index contributed by atoms with van der Waals surface area (Å²) in [7, 11) is 0. The van der Waals surface area contributed by atoms with Crippen molar-refractivity contribution in [3.8, 4) is 0 Å². The standard InChI is InChI=1S/C28H38N2O4/c1-5-7-16-29(17-8-6-2)18-9-19-30-25(22-13-10-20(3)11-14-22)24(27(32)28(30)33)26(31)23-15-12-21(4)34-23/h10-15,25,32H,5-9,16-19H2,1-4H3. The number of aryl methyl sites for hydroxylation is 2. The van der Waals surface area contributed by atoms with Gasteiger partial charge < -0.3 is 19.3 Å². The second kappa shape index (κ2) is 12.0. The van der Waals surface area contributed by atoms with E-state index in [4.69, 9.17) is 4.42 Å². The quantitative estimate of drug-likeness (QED) is 0.380. The van der Waals surface area contributed by atoms with Gasteiger partial charge >= 0.3 is 0 Å². The van der Waals surface area contributed by atoms with E-state index in [2.05, 4.69) is 18.7 Å². The smallest absolute Gasteiger partial charge is 0.290 e. The van der Waals surface area contributed by atoms with Crippen LogP contribution in [0.1, 0.15) is 79.4 Å². The zero-order chi connectivity index (χ0) is 24.7. The minimum atomic E-state index is -0.634. The molecule has 0 bridgehead atoms. The average molecular weight is 467 g/mol. The third-order valence-corrected chi connectivity index (χ3v) is 6.43. The molecule has 1 unspecified atom stereocenters. The van der Waals surface area contributed by atoms with Gasteiger partial charge in [0.15, 0.2) is 11.5 Å². The van der Waals surface area contributed by atoms with Crippen LogP contribution in [0.2, 0.25) is 0 Å². The van der Waals surface area contributed by atoms with Gasteiger partial charge in [-0.15, -0.1) is 0 Å². The van der Waals surface area contributed by atoms with Crippen molar-refractivity contribution in [2.45, 2.75) is 65.8 Å². The number of nitrogens with zero attached hydrogens (tertiary/aromatic N) is 2. The van der Waals surface area contributed by atoms with Gasteiger partial charge in [0.2, 0.25) is 5.78 Å². The van der Waals surface area contributed by atoms with Gasteiger partial charge in [-0.2, -0.15) is 0 Å². The molecule has 6 nitrogen and oxygen atoms in total. The first kappa shape index (κ1) is 25.8. The van der Waals surface area contributed by atoms with Gasteiger partial charge in [-0.1, -0.05) is 56.5 Å². The lowest BCUT2D eigenvalue weighted by atomic mass is 9.94. The molecule has 0 spiro atoms. The van der Waals surface area contributed by atoms with Crippen molar-refractivity contribution in [3.05, 3.63) is 70.4 Å². The van der Waals surface area contributed by atoms with Gasteiger partial charge in [0.25, 0.3) is 5.91 Å². The highest BCUT2D eigenvalue weighted by Crippen LogP contribution is 2.39. The molecule has 0 radical (unpaired) electrons. The third kappa shape index (κ3) is 5.98. The number of amides is 1. The molecule has 0 saturated heterocycles. The number of hydrogen-bond donors (Lipinski definition) is 1. The Hall–Kier alpha value is -2.86. The first-order valence-electron chi connectivity index (χ1n) is 12.5. The molecule has 3 rings (SSSR count). The van der Waals surface area contributed by atoms with E-state index in [9.17, 15) is 14.7 Å². The summed E-state index contributed by atoms with van der Waals surface area (Å²) in [6.07, 6.45) is 5.39. The minimum Gasteiger partial charge on any atom is -0.503 e. The number of carbonyl (C=O) groups is 2. The lowest BCUT2D eigenvalue weighted by Gasteiger charge is -2.28. The van der Waals surface area contributed by atoms with E-state index in [1.165, 1.54) is 0 Å². The van der Waals surface area contributed by atoms with Crippen molar-refractivity contribution >= 4 is 11.7 Å². The summed E-state index contributed by atoms with van der Waals surface area (Å²) < 4.78 is 5.54. The molecule has 1 N–H and O–H groups in total. The SMILES string of the molecule is CCCCN(CCCC)CCCN1C(=O)C(O)=C(C(=O)c2ccc(C)o2)C1c1ccc(C)cc1. The molecule has 1 aromatic heterocycles. The van der Waals surface area contributed by atoms with E-state index in [0.29, 0.717) is 12.3 Å². The Morgan fingerprint density at radius 2 is 1.59 bits per heavy atom. The van der Waals surface area contributed by atoms with E-state index >= 15 is 0 Å². The molecule has 6 heteroatoms. The Morgan fingerprint density at radius 3 is 2.15 bits per heavy atom. The molecule has 2 aromatic rings. The van der Waals surface area contributed by atoms with Crippen molar-refractivity contribution in [2.24, 2.45) is 0 Å². The number of furan rings is 1. The zero-order valence-corrected chi connectivity index (χ0v) is 21.0. The molecule has 0 fully saturated rings. The van der Waals surface area contributed by atoms with Crippen LogP contribution < -0.4 is 0 Å². The number of aliphatic hydroxyl groups is 1. The van der Waals surface area contributed by atoms with Crippen molar-refractivity contribution in [3.63, 3.8) is 0 Å². The average Bonchev–Trinajstić information content (AvgIpc) is 3.37. The molecule has 1 aliphatic heterocycles. The summed E-state index contributed by atoms with van der Waals surface area (Å²) in [4.78, 5) is 30.6. The summed E-state index contributed by atoms with van der Waals surface area (Å²) in [5.74, 6) is -0.671. The second-order valence-corrected chi connectivity index (χ2v) is 9.22. The summed E-state index contributed by atoms with van der Waals surface area (Å²) in [6, 6.07) is 10.4. The van der Waals surface area contributed by atoms with E-state index in [1.54, 1.807) is 24.0 Å². The van der Waals surface area contributed by atoms with Crippen molar-refractivity contribution < 1.29 is 19.1 Å². The zero-order valence-electron chi connectivity index (χ0n) is 21.0. The third-order valence-electron chi connectivity index (χ3n) is 6.43. The van der Waals surface area contributed by atoms with Crippen LogP contribution in [0.25, 0.3) is 0 Å². The molecule has 1 atom stereocenters. The van der Waals surface area contributed by atoms with Gasteiger partial charge in [0.05, 0.1) is 11.6 Å². The summed E-state index contributed by atoms with van der Waals surface area (Å²) in [6.45, 7) is 11.6. The number of Topliss-reactive ketones (excluding diaryl/α,β-unsaturated/α-hetero) is 1. The van der Waals surface area contributed by atoms with Crippen LogP contribution in [0.3, 0.4) is 0 Å². The highest BCUT2D eigenvalue weighted by atomic mass is 16.3. The number of benzene rings is 1. The van der Waals surface area contributed by atoms with E-state index in [0.717, 1.165) is 62.9 Å². The summed E-state index contributed by atoms with van der Waals surface area (Å²) in [5.41, 5.74) is 1.99. The van der Waals surface area contributed by atoms with Crippen LogP contribution in [-0.4, -0.2) is 52.8 Å². The number of hydrogen-bond acceptors (Lipinski definition) is 5. The lowest BCUT2D eigenvalue weighted by Crippen LogP contribution is -2.35. The van der Waals surface area contributed by atoms with Gasteiger partial charge in [0, 0.05) is 6.54 Å². The van der Waals surface area contributed by atoms with Crippen molar-refractivity contribution in [2.75, 3.05) is 26.2 Å². The van der Waals surface area contributed by atoms with Gasteiger partial charge in [-0.05, 0) is 70.4 Å². The second-order valence-electron chi connectivity index (χ2n) is 9.22. The predicted octanol–water partition coefficient (Wildman–Crippen LogP) is 5.77. The molecule has 34 heavy (non-hydrogen) atoms. The van der Waals surface area contributed by atoms with Crippen LogP contribution in [0.4, 0.5) is 0 Å². The Balaban J connectivity index is 1.83. The molecule has 1 amide bonds. The maximum atomic E-state index is 13.3. The van der Waals surface area contributed by atoms with Crippen LogP contribution in [0, 0.1) is 13.8 Å². The number of carbonyl (C=O) groups excluding carboxylic acids is 2. The van der Waals surface area contributed by atoms with Gasteiger partial charge in [-0.25, -0.2) is 0 Å². The van der Waals surface area contributed by atoms with E-state index < -0.39 is 23.5 Å². The summed E-state index contributed by atoms with van der Waals surface area (Å²) >= 11 is 0. The van der Waals surface area contributed by atoms with Crippen LogP contribution in [0.15, 0.2) is 52.1 Å². The Bertz CT molecular complexity index is 998. The normalized spacial score (nSPS) is 16.2. The first-order chi connectivity index (χ1) is 16.4. The maximum Gasteiger partial charge on any atom is 0.290 e. The van der Waals surface area contributed by atoms with E-state index in [1.807, 2.05) is 31.2 Å². The highest BCUT2D eigenvalue weighted by Gasteiger charge is 2.44. The van der Waals surface area contributed by atoms with Crippen LogP contribution >= 0.6 is 0 Å². The predicted molar refractivity (Wildman–Crippen MR) is 134 cm³/mol. The fraction of sp³-hybridized carbons (Fsp3) is 0.500. The molecular weight excluding hydrogens is 428 g/mol. The number of rotatable bonds is 13. The minimum absolute atomic E-state index is 0.0945. The maximum absolute atomic E-state index is 13.3. The molecule has 184 valence electrons. The topological polar surface area (TPSA) is 74.0 Å². The Kier molecular flexibility index (Phi) is 9.11. The molecule has 2 heterocycles. The molecular formula is C28H38N2O4. The highest BCUT2D eigenvalue weighted by molar-refractivity contribution is 6.15. The Labute approximate surface area is 203 Å². The van der Waals surface area contributed by atoms with E-state index in [-0.39, 0.29) is 11.3 Å². The lowest BCUT2D eigenvalue weighted by molar-refractivity contribution is -0.129. The fourth-order valence-electron chi connectivity index (χ4n) is 4.46. The van der Waals surface area contributed by atoms with Crippen molar-refractivity contribution in [1.82, 2.24) is 9.80 Å². The van der Waals surface area contributed by atoms with Gasteiger partial charge in [-0.3, -0.25) is 9.59 Å². The number of aliphatic hydroxyl groups excluding tert-OH is 1. The number of unbranched alkanes of at least 4 members (excludes halogenated alkanes) is 2. The van der Waals surface area contributed by atoms with Crippen LogP contribution in [-0.2, 0) is 4.79 Å². The van der Waals surface area contributed by atoms with Crippen LogP contribution in [0.5, 0.6) is 0 Å². The number of ketones is 1. The molecule has 1 aromatic carbocycles. The Morgan fingerprint density at radius 1 is 0.971 bits per heavy atom. The van der Waals surface area contributed by atoms with Crippen molar-refractivity contribution in [1.29, 1.82) is 0 Å². The fourth-order valence-corrected chi connectivity index (χ4v) is 4.46. The first-order valence-corrected chi connectivity index (χ1v) is 12.5. The van der Waals surface area contributed by atoms with Gasteiger partial charge in [0.1, 0.15) is 5.76 Å². The molecule has 0 saturated carbocycles. The largest absolute Gasteiger partial charge is 0.503 e. The monoisotopic (exact) mass is 466 g/mol. The summed E-state index contributed by atoms with van der Waals surface area (Å²) in [5, 5.41) is 10.8. The molecule has 1 aliphatic rings. The molecule has 0 aliphatic carbocycles.